The average molecular weight is 412 g/mol. The quantitative estimate of drug-likeness (QED) is 0.602. The maximum atomic E-state index is 13.5. The summed E-state index contributed by atoms with van der Waals surface area (Å²) in [5.74, 6) is 0.386. The number of carbonyl (C=O) groups excluding carboxylic acids is 1. The number of rotatable bonds is 5. The van der Waals surface area contributed by atoms with Gasteiger partial charge in [0.1, 0.15) is 0 Å². The molecule has 4 nitrogen and oxygen atoms in total. The van der Waals surface area contributed by atoms with Crippen LogP contribution < -0.4 is 0 Å². The summed E-state index contributed by atoms with van der Waals surface area (Å²) in [6.07, 6.45) is 7.02. The second kappa shape index (κ2) is 9.03. The fourth-order valence-corrected chi connectivity index (χ4v) is 5.11. The van der Waals surface area contributed by atoms with Gasteiger partial charge in [0.15, 0.2) is 0 Å². The number of pyridine rings is 1. The molecular weight excluding hydrogens is 382 g/mol. The van der Waals surface area contributed by atoms with E-state index < -0.39 is 0 Å². The van der Waals surface area contributed by atoms with E-state index in [1.54, 1.807) is 6.20 Å². The Bertz CT molecular complexity index is 947. The van der Waals surface area contributed by atoms with Crippen LogP contribution in [0.3, 0.4) is 0 Å². The summed E-state index contributed by atoms with van der Waals surface area (Å²) < 4.78 is 0. The van der Waals surface area contributed by atoms with E-state index in [1.807, 2.05) is 12.3 Å². The van der Waals surface area contributed by atoms with Gasteiger partial charge in [0, 0.05) is 32.0 Å². The summed E-state index contributed by atoms with van der Waals surface area (Å²) >= 11 is 0. The van der Waals surface area contributed by atoms with E-state index in [2.05, 4.69) is 81.5 Å². The first-order chi connectivity index (χ1) is 15.3. The number of hydrogen-bond acceptors (Lipinski definition) is 3. The Morgan fingerprint density at radius 2 is 1.55 bits per heavy atom. The summed E-state index contributed by atoms with van der Waals surface area (Å²) in [7, 11) is 0. The van der Waals surface area contributed by atoms with Crippen molar-refractivity contribution >= 4 is 5.91 Å². The molecule has 3 heterocycles. The molecule has 0 spiro atoms. The Labute approximate surface area is 184 Å². The minimum absolute atomic E-state index is 0.0761. The number of nitrogens with zero attached hydrogens (tertiary/aromatic N) is 3. The van der Waals surface area contributed by atoms with Gasteiger partial charge in [-0.2, -0.15) is 0 Å². The van der Waals surface area contributed by atoms with Crippen LogP contribution in [0.5, 0.6) is 0 Å². The molecule has 1 amide bonds. The molecule has 2 aromatic carbocycles. The van der Waals surface area contributed by atoms with Gasteiger partial charge in [-0.15, -0.1) is 0 Å². The molecule has 1 atom stereocenters. The van der Waals surface area contributed by atoms with Gasteiger partial charge in [-0.25, -0.2) is 0 Å². The van der Waals surface area contributed by atoms with Gasteiger partial charge < -0.3 is 4.90 Å². The van der Waals surface area contributed by atoms with Gasteiger partial charge in [-0.3, -0.25) is 14.7 Å². The zero-order valence-electron chi connectivity index (χ0n) is 17.8. The van der Waals surface area contributed by atoms with Gasteiger partial charge >= 0.3 is 0 Å². The third-order valence-electron chi connectivity index (χ3n) is 6.71. The molecule has 1 aromatic heterocycles. The number of carbonyl (C=O) groups is 1. The van der Waals surface area contributed by atoms with Crippen molar-refractivity contribution in [2.45, 2.75) is 31.3 Å². The summed E-state index contributed by atoms with van der Waals surface area (Å²) in [6.45, 7) is 2.47. The number of hydrogen-bond donors (Lipinski definition) is 0. The Balaban J connectivity index is 1.32. The van der Waals surface area contributed by atoms with E-state index in [0.29, 0.717) is 5.91 Å². The highest BCUT2D eigenvalue weighted by atomic mass is 16.2. The Morgan fingerprint density at radius 1 is 0.871 bits per heavy atom. The number of piperidine rings is 1. The van der Waals surface area contributed by atoms with Crippen LogP contribution in [-0.2, 0) is 4.79 Å². The number of likely N-dealkylation sites (tertiary alicyclic amines) is 2. The van der Waals surface area contributed by atoms with Crippen LogP contribution in [0.4, 0.5) is 0 Å². The monoisotopic (exact) mass is 411 g/mol. The Hall–Kier alpha value is -2.98. The fourth-order valence-electron chi connectivity index (χ4n) is 5.11. The van der Waals surface area contributed by atoms with Crippen LogP contribution >= 0.6 is 0 Å². The third kappa shape index (κ3) is 4.13. The first kappa shape index (κ1) is 20.0. The second-order valence-corrected chi connectivity index (χ2v) is 8.70. The minimum atomic E-state index is 0.0761. The van der Waals surface area contributed by atoms with Gasteiger partial charge in [0.25, 0.3) is 0 Å². The molecule has 2 aliphatic rings. The van der Waals surface area contributed by atoms with Crippen molar-refractivity contribution < 1.29 is 4.79 Å². The van der Waals surface area contributed by atoms with Crippen LogP contribution in [-0.4, -0.2) is 40.3 Å². The van der Waals surface area contributed by atoms with Gasteiger partial charge in [-0.05, 0) is 42.0 Å². The summed E-state index contributed by atoms with van der Waals surface area (Å²) in [5, 5.41) is 0. The molecule has 2 saturated heterocycles. The maximum Gasteiger partial charge on any atom is 0.228 e. The Kier molecular flexibility index (Phi) is 5.81. The lowest BCUT2D eigenvalue weighted by molar-refractivity contribution is -0.146. The maximum absolute atomic E-state index is 13.5. The molecule has 0 bridgehead atoms. The van der Waals surface area contributed by atoms with Crippen molar-refractivity contribution in [3.63, 3.8) is 0 Å². The molecule has 3 aromatic rings. The van der Waals surface area contributed by atoms with Crippen molar-refractivity contribution in [1.82, 2.24) is 14.8 Å². The molecule has 158 valence electrons. The first-order valence-corrected chi connectivity index (χ1v) is 11.4. The molecule has 0 saturated carbocycles. The molecule has 2 aliphatic heterocycles. The Morgan fingerprint density at radius 3 is 2.16 bits per heavy atom. The molecule has 5 rings (SSSR count). The van der Waals surface area contributed by atoms with E-state index in [4.69, 9.17) is 0 Å². The van der Waals surface area contributed by atoms with Crippen molar-refractivity contribution in [2.75, 3.05) is 19.6 Å². The normalized spacial score (nSPS) is 19.9. The molecule has 0 unspecified atom stereocenters. The predicted octanol–water partition coefficient (Wildman–Crippen LogP) is 4.86. The third-order valence-corrected chi connectivity index (χ3v) is 6.71. The number of amides is 1. The van der Waals surface area contributed by atoms with Crippen LogP contribution in [0.1, 0.15) is 48.0 Å². The topological polar surface area (TPSA) is 36.4 Å². The first-order valence-electron chi connectivity index (χ1n) is 11.4. The second-order valence-electron chi connectivity index (χ2n) is 8.70. The zero-order valence-corrected chi connectivity index (χ0v) is 17.8. The van der Waals surface area contributed by atoms with Crippen LogP contribution in [0.15, 0.2) is 85.2 Å². The van der Waals surface area contributed by atoms with Crippen LogP contribution in [0.25, 0.3) is 0 Å². The van der Waals surface area contributed by atoms with E-state index in [9.17, 15) is 4.79 Å². The standard InChI is InChI=1S/C27H29N3O/c31-27(30-17-8-7-15-25(30)23-14-9-16-28-18-23)24-19-29(20-24)26(21-10-3-1-4-11-21)22-12-5-2-6-13-22/h1-6,9-14,16,18,24-26H,7-8,15,17,19-20H2/t25-/m0/s1. The van der Waals surface area contributed by atoms with Gasteiger partial charge in [0.05, 0.1) is 18.0 Å². The fraction of sp³-hybridized carbons (Fsp3) is 0.333. The lowest BCUT2D eigenvalue weighted by Crippen LogP contribution is -2.56. The SMILES string of the molecule is O=C(C1CN(C(c2ccccc2)c2ccccc2)C1)N1CCCC[C@H]1c1cccnc1. The number of aromatic nitrogens is 1. The molecule has 2 fully saturated rings. The van der Waals surface area contributed by atoms with E-state index >= 15 is 0 Å². The highest BCUT2D eigenvalue weighted by molar-refractivity contribution is 5.81. The largest absolute Gasteiger partial charge is 0.335 e. The van der Waals surface area contributed by atoms with E-state index in [1.165, 1.54) is 17.5 Å². The van der Waals surface area contributed by atoms with Crippen molar-refractivity contribution in [3.8, 4) is 0 Å². The summed E-state index contributed by atoms with van der Waals surface area (Å²) in [6, 6.07) is 25.7. The lowest BCUT2D eigenvalue weighted by atomic mass is 9.88. The van der Waals surface area contributed by atoms with Crippen molar-refractivity contribution in [1.29, 1.82) is 0 Å². The van der Waals surface area contributed by atoms with Gasteiger partial charge in [-0.1, -0.05) is 66.7 Å². The minimum Gasteiger partial charge on any atom is -0.335 e. The number of benzene rings is 2. The predicted molar refractivity (Wildman–Crippen MR) is 122 cm³/mol. The highest BCUT2D eigenvalue weighted by Crippen LogP contribution is 2.37. The molecule has 0 N–H and O–H groups in total. The molecule has 31 heavy (non-hydrogen) atoms. The summed E-state index contributed by atoms with van der Waals surface area (Å²) in [4.78, 5) is 22.3. The average Bonchev–Trinajstić information content (AvgIpc) is 2.82. The molecule has 4 heteroatoms. The summed E-state index contributed by atoms with van der Waals surface area (Å²) in [5.41, 5.74) is 3.73. The van der Waals surface area contributed by atoms with Crippen molar-refractivity contribution in [3.05, 3.63) is 102 Å². The lowest BCUT2D eigenvalue weighted by Gasteiger charge is -2.47. The van der Waals surface area contributed by atoms with Crippen molar-refractivity contribution in [2.24, 2.45) is 5.92 Å². The van der Waals surface area contributed by atoms with Crippen LogP contribution in [0, 0.1) is 5.92 Å². The molecular formula is C27H29N3O. The smallest absolute Gasteiger partial charge is 0.228 e. The molecule has 0 aliphatic carbocycles. The van der Waals surface area contributed by atoms with Crippen LogP contribution in [0.2, 0.25) is 0 Å². The van der Waals surface area contributed by atoms with E-state index in [0.717, 1.165) is 38.0 Å². The van der Waals surface area contributed by atoms with Gasteiger partial charge in [0.2, 0.25) is 5.91 Å². The molecule has 0 radical (unpaired) electrons. The highest BCUT2D eigenvalue weighted by Gasteiger charge is 2.41. The zero-order chi connectivity index (χ0) is 21.0. The van der Waals surface area contributed by atoms with E-state index in [-0.39, 0.29) is 18.0 Å².